The van der Waals surface area contributed by atoms with E-state index >= 15 is 0 Å². The van der Waals surface area contributed by atoms with Crippen LogP contribution in [0.4, 0.5) is 26.3 Å². The first kappa shape index (κ1) is 23.3. The molecule has 154 valence electrons. The number of carbonyl (C=O) groups excluding carboxylic acids is 1. The molecule has 0 saturated heterocycles. The van der Waals surface area contributed by atoms with Gasteiger partial charge in [-0.3, -0.25) is 4.79 Å². The lowest BCUT2D eigenvalue weighted by Gasteiger charge is -2.32. The van der Waals surface area contributed by atoms with Gasteiger partial charge in [0, 0.05) is 24.2 Å². The molecule has 0 fully saturated rings. The summed E-state index contributed by atoms with van der Waals surface area (Å²) < 4.78 is 77.5. The van der Waals surface area contributed by atoms with E-state index in [1.807, 2.05) is 27.7 Å². The minimum atomic E-state index is -5.96. The fourth-order valence-corrected chi connectivity index (χ4v) is 2.65. The van der Waals surface area contributed by atoms with Gasteiger partial charge in [0.1, 0.15) is 0 Å². The number of rotatable bonds is 6. The Labute approximate surface area is 154 Å². The maximum Gasteiger partial charge on any atom is 0.430 e. The van der Waals surface area contributed by atoms with E-state index in [2.05, 4.69) is 0 Å². The number of hydrogen-bond donors (Lipinski definition) is 1. The lowest BCUT2D eigenvalue weighted by molar-refractivity contribution is -0.376. The number of carbonyl (C=O) groups is 1. The van der Waals surface area contributed by atoms with E-state index in [-0.39, 0.29) is 17.4 Å². The Hall–Kier alpha value is -1.77. The standard InChI is InChI=1S/C18H23F6NO2/c1-11(2)9-25(10-12(3)4)15(26)13-5-7-14(8-6-13)16(27,17(19,20)21)18(22,23)24/h5-8,11-12,27H,9-10H2,1-4H3. The number of nitrogens with zero attached hydrogens (tertiary/aromatic N) is 1. The highest BCUT2D eigenvalue weighted by Crippen LogP contribution is 2.49. The third kappa shape index (κ3) is 5.15. The molecule has 0 unspecified atom stereocenters. The Morgan fingerprint density at radius 3 is 1.56 bits per heavy atom. The van der Waals surface area contributed by atoms with Crippen molar-refractivity contribution in [2.24, 2.45) is 11.8 Å². The summed E-state index contributed by atoms with van der Waals surface area (Å²) in [6.07, 6.45) is -11.9. The SMILES string of the molecule is CC(C)CN(CC(C)C)C(=O)c1ccc(C(O)(C(F)(F)F)C(F)(F)F)cc1. The molecule has 0 saturated carbocycles. The fraction of sp³-hybridized carbons (Fsp3) is 0.611. The molecule has 0 aliphatic heterocycles. The Balaban J connectivity index is 3.24. The highest BCUT2D eigenvalue weighted by atomic mass is 19.4. The van der Waals surface area contributed by atoms with Gasteiger partial charge < -0.3 is 10.0 Å². The van der Waals surface area contributed by atoms with Crippen molar-refractivity contribution in [1.82, 2.24) is 4.90 Å². The van der Waals surface area contributed by atoms with Gasteiger partial charge in [0.2, 0.25) is 0 Å². The summed E-state index contributed by atoms with van der Waals surface area (Å²) in [6, 6.07) is 2.70. The third-order valence-electron chi connectivity index (χ3n) is 3.83. The van der Waals surface area contributed by atoms with E-state index in [0.717, 1.165) is 12.1 Å². The Morgan fingerprint density at radius 2 is 1.26 bits per heavy atom. The van der Waals surface area contributed by atoms with Gasteiger partial charge in [0.05, 0.1) is 0 Å². The van der Waals surface area contributed by atoms with Crippen molar-refractivity contribution in [3.05, 3.63) is 35.4 Å². The average Bonchev–Trinajstić information content (AvgIpc) is 2.49. The summed E-state index contributed by atoms with van der Waals surface area (Å²) in [5, 5.41) is 9.39. The van der Waals surface area contributed by atoms with Crippen molar-refractivity contribution in [1.29, 1.82) is 0 Å². The maximum atomic E-state index is 12.9. The molecule has 0 spiro atoms. The third-order valence-corrected chi connectivity index (χ3v) is 3.83. The van der Waals surface area contributed by atoms with E-state index in [1.165, 1.54) is 4.90 Å². The van der Waals surface area contributed by atoms with E-state index in [9.17, 15) is 36.2 Å². The summed E-state index contributed by atoms with van der Waals surface area (Å²) in [6.45, 7) is 8.33. The number of benzene rings is 1. The first-order valence-electron chi connectivity index (χ1n) is 8.36. The molecule has 1 amide bonds. The molecule has 1 rings (SSSR count). The molecular formula is C18H23F6NO2. The summed E-state index contributed by atoms with van der Waals surface area (Å²) >= 11 is 0. The van der Waals surface area contributed by atoms with Gasteiger partial charge in [0.25, 0.3) is 11.5 Å². The first-order valence-corrected chi connectivity index (χ1v) is 8.36. The van der Waals surface area contributed by atoms with Crippen LogP contribution in [0, 0.1) is 11.8 Å². The number of amides is 1. The van der Waals surface area contributed by atoms with Gasteiger partial charge >= 0.3 is 12.4 Å². The van der Waals surface area contributed by atoms with Gasteiger partial charge in [-0.1, -0.05) is 39.8 Å². The molecule has 27 heavy (non-hydrogen) atoms. The maximum absolute atomic E-state index is 12.9. The number of hydrogen-bond acceptors (Lipinski definition) is 2. The Morgan fingerprint density at radius 1 is 0.889 bits per heavy atom. The molecule has 0 aliphatic carbocycles. The molecule has 3 nitrogen and oxygen atoms in total. The molecule has 1 aromatic rings. The molecular weight excluding hydrogens is 376 g/mol. The van der Waals surface area contributed by atoms with Gasteiger partial charge in [0.15, 0.2) is 0 Å². The van der Waals surface area contributed by atoms with Crippen molar-refractivity contribution in [3.63, 3.8) is 0 Å². The van der Waals surface area contributed by atoms with Crippen LogP contribution < -0.4 is 0 Å². The predicted molar refractivity (Wildman–Crippen MR) is 88.0 cm³/mol. The lowest BCUT2D eigenvalue weighted by atomic mass is 9.91. The average molecular weight is 399 g/mol. The van der Waals surface area contributed by atoms with E-state index in [0.29, 0.717) is 25.2 Å². The second kappa shape index (κ2) is 8.08. The van der Waals surface area contributed by atoms with Crippen molar-refractivity contribution >= 4 is 5.91 Å². The van der Waals surface area contributed by atoms with Gasteiger partial charge in [-0.05, 0) is 24.0 Å². The number of halogens is 6. The van der Waals surface area contributed by atoms with Crippen LogP contribution in [-0.2, 0) is 5.60 Å². The molecule has 0 atom stereocenters. The Kier molecular flexibility index (Phi) is 6.96. The first-order chi connectivity index (χ1) is 12.1. The van der Waals surface area contributed by atoms with Crippen LogP contribution in [0.1, 0.15) is 43.6 Å². The van der Waals surface area contributed by atoms with E-state index in [4.69, 9.17) is 0 Å². The van der Waals surface area contributed by atoms with Crippen LogP contribution in [0.2, 0.25) is 0 Å². The highest BCUT2D eigenvalue weighted by Gasteiger charge is 2.71. The highest BCUT2D eigenvalue weighted by molar-refractivity contribution is 5.94. The number of aliphatic hydroxyl groups is 1. The monoisotopic (exact) mass is 399 g/mol. The van der Waals surface area contributed by atoms with Gasteiger partial charge in [-0.15, -0.1) is 0 Å². The quantitative estimate of drug-likeness (QED) is 0.701. The molecule has 0 heterocycles. The lowest BCUT2D eigenvalue weighted by Crippen LogP contribution is -2.53. The molecule has 1 aromatic carbocycles. The van der Waals surface area contributed by atoms with E-state index < -0.39 is 29.4 Å². The van der Waals surface area contributed by atoms with Crippen LogP contribution in [0.25, 0.3) is 0 Å². The van der Waals surface area contributed by atoms with E-state index in [1.54, 1.807) is 0 Å². The Bertz CT molecular complexity index is 611. The van der Waals surface area contributed by atoms with Crippen LogP contribution >= 0.6 is 0 Å². The molecule has 1 N–H and O–H groups in total. The molecule has 0 bridgehead atoms. The zero-order chi connectivity index (χ0) is 21.2. The van der Waals surface area contributed by atoms with Crippen LogP contribution in [-0.4, -0.2) is 41.4 Å². The molecule has 0 radical (unpaired) electrons. The fourth-order valence-electron chi connectivity index (χ4n) is 2.65. The van der Waals surface area contributed by atoms with Gasteiger partial charge in [-0.25, -0.2) is 0 Å². The zero-order valence-electron chi connectivity index (χ0n) is 15.4. The van der Waals surface area contributed by atoms with Gasteiger partial charge in [-0.2, -0.15) is 26.3 Å². The second-order valence-electron chi connectivity index (χ2n) is 7.28. The summed E-state index contributed by atoms with van der Waals surface area (Å²) in [4.78, 5) is 14.1. The largest absolute Gasteiger partial charge is 0.430 e. The van der Waals surface area contributed by atoms with Crippen molar-refractivity contribution < 1.29 is 36.2 Å². The smallest absolute Gasteiger partial charge is 0.369 e. The summed E-state index contributed by atoms with van der Waals surface area (Å²) in [7, 11) is 0. The molecule has 9 heteroatoms. The summed E-state index contributed by atoms with van der Waals surface area (Å²) in [5.74, 6) is -0.230. The van der Waals surface area contributed by atoms with Crippen molar-refractivity contribution in [3.8, 4) is 0 Å². The van der Waals surface area contributed by atoms with Crippen molar-refractivity contribution in [2.45, 2.75) is 45.6 Å². The minimum absolute atomic E-state index is 0.0493. The van der Waals surface area contributed by atoms with Crippen molar-refractivity contribution in [2.75, 3.05) is 13.1 Å². The predicted octanol–water partition coefficient (Wildman–Crippen LogP) is 4.75. The minimum Gasteiger partial charge on any atom is -0.369 e. The molecule has 0 aliphatic rings. The summed E-state index contributed by atoms with van der Waals surface area (Å²) in [5.41, 5.74) is -6.44. The van der Waals surface area contributed by atoms with Crippen LogP contribution in [0.15, 0.2) is 24.3 Å². The van der Waals surface area contributed by atoms with Crippen LogP contribution in [0.3, 0.4) is 0 Å². The topological polar surface area (TPSA) is 40.5 Å². The normalized spacial score (nSPS) is 13.4. The van der Waals surface area contributed by atoms with Crippen LogP contribution in [0.5, 0.6) is 0 Å². The zero-order valence-corrected chi connectivity index (χ0v) is 15.4. The second-order valence-corrected chi connectivity index (χ2v) is 7.28. The number of alkyl halides is 6. The molecule has 0 aromatic heterocycles.